The van der Waals surface area contributed by atoms with E-state index in [9.17, 15) is 5.11 Å². The fourth-order valence-corrected chi connectivity index (χ4v) is 2.01. The topological polar surface area (TPSA) is 94.4 Å². The molecule has 0 spiro atoms. The molecule has 0 radical (unpaired) electrons. The van der Waals surface area contributed by atoms with Crippen molar-refractivity contribution in [3.8, 4) is 5.75 Å². The number of halogens is 1. The Morgan fingerprint density at radius 2 is 2.00 bits per heavy atom. The third kappa shape index (κ3) is 4.19. The molecule has 2 rings (SSSR count). The van der Waals surface area contributed by atoms with Gasteiger partial charge in [0.2, 0.25) is 11.7 Å². The van der Waals surface area contributed by atoms with Crippen LogP contribution in [0.2, 0.25) is 0 Å². The Morgan fingerprint density at radius 1 is 1.32 bits per heavy atom. The van der Waals surface area contributed by atoms with Gasteiger partial charge in [-0.15, -0.1) is 12.4 Å². The molecule has 3 N–H and O–H groups in total. The van der Waals surface area contributed by atoms with Crippen LogP contribution in [0.1, 0.15) is 37.2 Å². The van der Waals surface area contributed by atoms with E-state index in [0.29, 0.717) is 12.3 Å². The molecule has 0 bridgehead atoms. The van der Waals surface area contributed by atoms with Crippen molar-refractivity contribution in [2.75, 3.05) is 7.11 Å². The smallest absolute Gasteiger partial charge is 0.231 e. The second-order valence-electron chi connectivity index (χ2n) is 5.30. The number of methoxy groups -OCH3 is 1. The third-order valence-electron chi connectivity index (χ3n) is 3.42. The van der Waals surface area contributed by atoms with E-state index in [-0.39, 0.29) is 24.1 Å². The molecule has 2 atom stereocenters. The van der Waals surface area contributed by atoms with E-state index < -0.39 is 12.1 Å². The molecule has 1 aromatic carbocycles. The summed E-state index contributed by atoms with van der Waals surface area (Å²) in [6.45, 7) is 3.87. The van der Waals surface area contributed by atoms with Crippen molar-refractivity contribution in [3.63, 3.8) is 0 Å². The van der Waals surface area contributed by atoms with E-state index in [1.165, 1.54) is 0 Å². The molecular weight excluding hydrogens is 306 g/mol. The summed E-state index contributed by atoms with van der Waals surface area (Å²) in [6, 6.07) is 7.18. The lowest BCUT2D eigenvalue weighted by Crippen LogP contribution is -2.34. The minimum absolute atomic E-state index is 0. The minimum Gasteiger partial charge on any atom is -0.496 e. The highest BCUT2D eigenvalue weighted by atomic mass is 35.5. The summed E-state index contributed by atoms with van der Waals surface area (Å²) in [5.74, 6) is 1.53. The van der Waals surface area contributed by atoms with Crippen LogP contribution in [0.15, 0.2) is 28.8 Å². The number of ether oxygens (including phenoxy) is 1. The first kappa shape index (κ1) is 18.4. The Morgan fingerprint density at radius 3 is 2.64 bits per heavy atom. The third-order valence-corrected chi connectivity index (χ3v) is 3.42. The van der Waals surface area contributed by atoms with Crippen LogP contribution in [-0.2, 0) is 6.42 Å². The SMILES string of the molecule is COc1ccccc1Cc1nc(C(O)[C@@H](N)C(C)C)no1.Cl. The van der Waals surface area contributed by atoms with Crippen LogP contribution in [-0.4, -0.2) is 28.4 Å². The molecule has 0 amide bonds. The summed E-state index contributed by atoms with van der Waals surface area (Å²) in [5, 5.41) is 13.9. The molecule has 1 heterocycles. The number of rotatable bonds is 6. The number of aliphatic hydroxyl groups is 1. The quantitative estimate of drug-likeness (QED) is 0.843. The zero-order valence-electron chi connectivity index (χ0n) is 12.9. The second kappa shape index (κ2) is 8.12. The van der Waals surface area contributed by atoms with Gasteiger partial charge in [0.15, 0.2) is 0 Å². The number of para-hydroxylation sites is 1. The Bertz CT molecular complexity index is 589. The van der Waals surface area contributed by atoms with Gasteiger partial charge in [0.25, 0.3) is 0 Å². The van der Waals surface area contributed by atoms with E-state index in [4.69, 9.17) is 15.0 Å². The number of aromatic nitrogens is 2. The first-order chi connectivity index (χ1) is 10.0. The van der Waals surface area contributed by atoms with Crippen LogP contribution in [0.25, 0.3) is 0 Å². The maximum Gasteiger partial charge on any atom is 0.231 e. The largest absolute Gasteiger partial charge is 0.496 e. The van der Waals surface area contributed by atoms with Crippen LogP contribution < -0.4 is 10.5 Å². The predicted octanol–water partition coefficient (Wildman–Crippen LogP) is 2.11. The van der Waals surface area contributed by atoms with Crippen LogP contribution in [0.4, 0.5) is 0 Å². The first-order valence-corrected chi connectivity index (χ1v) is 6.91. The average molecular weight is 328 g/mol. The summed E-state index contributed by atoms with van der Waals surface area (Å²) >= 11 is 0. The van der Waals surface area contributed by atoms with Gasteiger partial charge in [-0.3, -0.25) is 0 Å². The van der Waals surface area contributed by atoms with E-state index in [1.807, 2.05) is 38.1 Å². The molecule has 6 nitrogen and oxygen atoms in total. The predicted molar refractivity (Wildman–Crippen MR) is 85.1 cm³/mol. The summed E-state index contributed by atoms with van der Waals surface area (Å²) < 4.78 is 10.5. The fourth-order valence-electron chi connectivity index (χ4n) is 2.01. The summed E-state index contributed by atoms with van der Waals surface area (Å²) in [7, 11) is 1.61. The monoisotopic (exact) mass is 327 g/mol. The molecule has 2 aromatic rings. The van der Waals surface area contributed by atoms with Gasteiger partial charge in [0, 0.05) is 11.6 Å². The van der Waals surface area contributed by atoms with Gasteiger partial charge in [0.1, 0.15) is 11.9 Å². The van der Waals surface area contributed by atoms with Crippen LogP contribution in [0.5, 0.6) is 5.75 Å². The van der Waals surface area contributed by atoms with Crippen molar-refractivity contribution in [3.05, 3.63) is 41.5 Å². The van der Waals surface area contributed by atoms with Crippen molar-refractivity contribution in [2.45, 2.75) is 32.4 Å². The molecule has 0 aliphatic rings. The number of nitrogens with two attached hydrogens (primary N) is 1. The average Bonchev–Trinajstić information content (AvgIpc) is 2.94. The van der Waals surface area contributed by atoms with Gasteiger partial charge in [0.05, 0.1) is 13.5 Å². The van der Waals surface area contributed by atoms with Crippen LogP contribution in [0.3, 0.4) is 0 Å². The highest BCUT2D eigenvalue weighted by Crippen LogP contribution is 2.22. The van der Waals surface area contributed by atoms with Gasteiger partial charge < -0.3 is 20.1 Å². The molecule has 0 saturated heterocycles. The zero-order valence-corrected chi connectivity index (χ0v) is 13.7. The standard InChI is InChI=1S/C15H21N3O3.ClH/c1-9(2)13(16)14(19)15-17-12(21-18-15)8-10-6-4-5-7-11(10)20-3;/h4-7,9,13-14,19H,8,16H2,1-3H3;1H/t13-,14?;/m0./s1. The number of aliphatic hydroxyl groups excluding tert-OH is 1. The number of hydrogen-bond donors (Lipinski definition) is 2. The molecule has 0 aliphatic carbocycles. The summed E-state index contributed by atoms with van der Waals surface area (Å²) in [6.07, 6.45) is -0.485. The zero-order chi connectivity index (χ0) is 15.4. The van der Waals surface area contributed by atoms with Gasteiger partial charge in [-0.2, -0.15) is 4.98 Å². The first-order valence-electron chi connectivity index (χ1n) is 6.91. The van der Waals surface area contributed by atoms with Crippen molar-refractivity contribution in [1.82, 2.24) is 10.1 Å². The highest BCUT2D eigenvalue weighted by molar-refractivity contribution is 5.85. The molecule has 0 aliphatic heterocycles. The molecule has 0 fully saturated rings. The van der Waals surface area contributed by atoms with Crippen molar-refractivity contribution in [2.24, 2.45) is 11.7 Å². The lowest BCUT2D eigenvalue weighted by molar-refractivity contribution is 0.114. The van der Waals surface area contributed by atoms with Gasteiger partial charge in [-0.1, -0.05) is 37.2 Å². The molecule has 122 valence electrons. The maximum atomic E-state index is 10.1. The van der Waals surface area contributed by atoms with E-state index in [2.05, 4.69) is 10.1 Å². The maximum absolute atomic E-state index is 10.1. The van der Waals surface area contributed by atoms with Gasteiger partial charge >= 0.3 is 0 Å². The minimum atomic E-state index is -0.930. The summed E-state index contributed by atoms with van der Waals surface area (Å²) in [4.78, 5) is 4.22. The highest BCUT2D eigenvalue weighted by Gasteiger charge is 2.25. The Balaban J connectivity index is 0.00000242. The van der Waals surface area contributed by atoms with Gasteiger partial charge in [-0.05, 0) is 12.0 Å². The summed E-state index contributed by atoms with van der Waals surface area (Å²) in [5.41, 5.74) is 6.85. The lowest BCUT2D eigenvalue weighted by atomic mass is 9.99. The Kier molecular flexibility index (Phi) is 6.80. The number of benzene rings is 1. The Labute approximate surface area is 136 Å². The van der Waals surface area contributed by atoms with E-state index in [0.717, 1.165) is 11.3 Å². The van der Waals surface area contributed by atoms with Crippen LogP contribution >= 0.6 is 12.4 Å². The van der Waals surface area contributed by atoms with E-state index in [1.54, 1.807) is 7.11 Å². The molecule has 1 aromatic heterocycles. The normalized spacial score (nSPS) is 13.5. The molecule has 1 unspecified atom stereocenters. The fraction of sp³-hybridized carbons (Fsp3) is 0.467. The van der Waals surface area contributed by atoms with Crippen molar-refractivity contribution >= 4 is 12.4 Å². The number of nitrogens with zero attached hydrogens (tertiary/aromatic N) is 2. The van der Waals surface area contributed by atoms with E-state index >= 15 is 0 Å². The molecule has 7 heteroatoms. The molecular formula is C15H22ClN3O3. The van der Waals surface area contributed by atoms with Crippen LogP contribution in [0, 0.1) is 5.92 Å². The lowest BCUT2D eigenvalue weighted by Gasteiger charge is -2.18. The van der Waals surface area contributed by atoms with Gasteiger partial charge in [-0.25, -0.2) is 0 Å². The van der Waals surface area contributed by atoms with Crippen molar-refractivity contribution in [1.29, 1.82) is 0 Å². The Hall–Kier alpha value is -1.63. The number of hydrogen-bond acceptors (Lipinski definition) is 6. The van der Waals surface area contributed by atoms with Crippen molar-refractivity contribution < 1.29 is 14.4 Å². The second-order valence-corrected chi connectivity index (χ2v) is 5.30. The molecule has 0 saturated carbocycles. The molecule has 22 heavy (non-hydrogen) atoms.